The lowest BCUT2D eigenvalue weighted by molar-refractivity contribution is -0.274. The Hall–Kier alpha value is -0.940. The second kappa shape index (κ2) is 6.01. The summed E-state index contributed by atoms with van der Waals surface area (Å²) in [5.41, 5.74) is 0.833. The third kappa shape index (κ3) is 4.01. The van der Waals surface area contributed by atoms with Crippen LogP contribution in [0.4, 0.5) is 13.2 Å². The van der Waals surface area contributed by atoms with Gasteiger partial charge in [0.05, 0.1) is 6.10 Å². The zero-order valence-corrected chi connectivity index (χ0v) is 10.9. The van der Waals surface area contributed by atoms with E-state index in [1.165, 1.54) is 12.1 Å². The fourth-order valence-electron chi connectivity index (χ4n) is 2.23. The van der Waals surface area contributed by atoms with Gasteiger partial charge in [0.2, 0.25) is 0 Å². The minimum Gasteiger partial charge on any atom is -0.406 e. The van der Waals surface area contributed by atoms with Gasteiger partial charge in [-0.2, -0.15) is 0 Å². The Morgan fingerprint density at radius 3 is 2.53 bits per heavy atom. The summed E-state index contributed by atoms with van der Waals surface area (Å²) in [6.07, 6.45) is -2.88. The molecule has 0 bridgehead atoms. The molecule has 0 saturated carbocycles. The highest BCUT2D eigenvalue weighted by atomic mass is 35.5. The number of rotatable bonds is 3. The van der Waals surface area contributed by atoms with Crippen molar-refractivity contribution in [1.29, 1.82) is 0 Å². The molecule has 2 nitrogen and oxygen atoms in total. The first-order valence-corrected chi connectivity index (χ1v) is 6.56. The molecule has 2 rings (SSSR count). The van der Waals surface area contributed by atoms with Crippen LogP contribution in [0.25, 0.3) is 0 Å². The van der Waals surface area contributed by atoms with Gasteiger partial charge in [0.15, 0.2) is 0 Å². The maximum absolute atomic E-state index is 12.0. The molecular formula is C13H14ClF3O2. The van der Waals surface area contributed by atoms with Gasteiger partial charge in [-0.15, -0.1) is 24.8 Å². The van der Waals surface area contributed by atoms with E-state index >= 15 is 0 Å². The van der Waals surface area contributed by atoms with E-state index in [1.807, 2.05) is 0 Å². The molecule has 1 aromatic rings. The molecule has 1 aliphatic rings. The molecule has 1 fully saturated rings. The Kier molecular flexibility index (Phi) is 4.58. The highest BCUT2D eigenvalue weighted by Crippen LogP contribution is 2.35. The molecule has 106 valence electrons. The summed E-state index contributed by atoms with van der Waals surface area (Å²) in [6, 6.07) is 5.78. The maximum Gasteiger partial charge on any atom is 0.573 e. The van der Waals surface area contributed by atoms with Crippen LogP contribution in [0.2, 0.25) is 0 Å². The van der Waals surface area contributed by atoms with Crippen molar-refractivity contribution in [2.24, 2.45) is 5.92 Å². The van der Waals surface area contributed by atoms with Gasteiger partial charge in [0.1, 0.15) is 5.75 Å². The molecule has 0 radical (unpaired) electrons. The lowest BCUT2D eigenvalue weighted by Gasteiger charge is -2.30. The number of halogens is 4. The van der Waals surface area contributed by atoms with Gasteiger partial charge in [0.25, 0.3) is 0 Å². The van der Waals surface area contributed by atoms with Crippen molar-refractivity contribution in [1.82, 2.24) is 0 Å². The lowest BCUT2D eigenvalue weighted by Crippen LogP contribution is -2.23. The Balaban J connectivity index is 2.08. The van der Waals surface area contributed by atoms with E-state index in [4.69, 9.17) is 16.3 Å². The zero-order valence-electron chi connectivity index (χ0n) is 10.1. The largest absolute Gasteiger partial charge is 0.573 e. The first-order chi connectivity index (χ1) is 8.99. The number of ether oxygens (including phenoxy) is 2. The molecule has 2 unspecified atom stereocenters. The minimum atomic E-state index is -4.67. The minimum absolute atomic E-state index is 0.147. The topological polar surface area (TPSA) is 18.5 Å². The number of hydrogen-bond donors (Lipinski definition) is 0. The van der Waals surface area contributed by atoms with E-state index in [-0.39, 0.29) is 17.8 Å². The molecule has 1 heterocycles. The van der Waals surface area contributed by atoms with Crippen molar-refractivity contribution >= 4 is 11.6 Å². The van der Waals surface area contributed by atoms with Crippen molar-refractivity contribution in [2.45, 2.75) is 25.3 Å². The van der Waals surface area contributed by atoms with E-state index in [1.54, 1.807) is 12.1 Å². The summed E-state index contributed by atoms with van der Waals surface area (Å²) < 4.78 is 45.6. The summed E-state index contributed by atoms with van der Waals surface area (Å²) in [4.78, 5) is 0. The average Bonchev–Trinajstić information content (AvgIpc) is 2.38. The van der Waals surface area contributed by atoms with Gasteiger partial charge < -0.3 is 9.47 Å². The summed E-state index contributed by atoms with van der Waals surface area (Å²) in [5.74, 6) is 0.449. The number of alkyl halides is 4. The van der Waals surface area contributed by atoms with Crippen LogP contribution < -0.4 is 4.74 Å². The van der Waals surface area contributed by atoms with E-state index in [0.717, 1.165) is 18.4 Å². The fourth-order valence-corrected chi connectivity index (χ4v) is 2.55. The number of benzene rings is 1. The van der Waals surface area contributed by atoms with Gasteiger partial charge in [-0.25, -0.2) is 0 Å². The first kappa shape index (κ1) is 14.5. The predicted molar refractivity (Wildman–Crippen MR) is 65.3 cm³/mol. The van der Waals surface area contributed by atoms with Gasteiger partial charge in [0, 0.05) is 18.4 Å². The average molecular weight is 295 g/mol. The summed E-state index contributed by atoms with van der Waals surface area (Å²) in [7, 11) is 0. The predicted octanol–water partition coefficient (Wildman–Crippen LogP) is 4.29. The Labute approximate surface area is 114 Å². The molecule has 0 aliphatic carbocycles. The summed E-state index contributed by atoms with van der Waals surface area (Å²) in [6.45, 7) is 0.652. The normalized spacial score (nSPS) is 24.2. The summed E-state index contributed by atoms with van der Waals surface area (Å²) >= 11 is 5.89. The van der Waals surface area contributed by atoms with Crippen LogP contribution in [0, 0.1) is 5.92 Å². The third-order valence-corrected chi connectivity index (χ3v) is 3.48. The highest BCUT2D eigenvalue weighted by Gasteiger charge is 2.31. The van der Waals surface area contributed by atoms with Crippen molar-refractivity contribution in [3.05, 3.63) is 29.8 Å². The zero-order chi connectivity index (χ0) is 13.9. The van der Waals surface area contributed by atoms with Crippen LogP contribution in [-0.2, 0) is 4.74 Å². The Morgan fingerprint density at radius 1 is 1.26 bits per heavy atom. The van der Waals surface area contributed by atoms with Crippen molar-refractivity contribution in [3.8, 4) is 5.75 Å². The van der Waals surface area contributed by atoms with Crippen LogP contribution in [0.1, 0.15) is 24.5 Å². The molecule has 19 heavy (non-hydrogen) atoms. The monoisotopic (exact) mass is 294 g/mol. The van der Waals surface area contributed by atoms with E-state index in [9.17, 15) is 13.2 Å². The van der Waals surface area contributed by atoms with Crippen molar-refractivity contribution in [2.75, 3.05) is 12.5 Å². The van der Waals surface area contributed by atoms with Crippen LogP contribution in [0.3, 0.4) is 0 Å². The smallest absolute Gasteiger partial charge is 0.406 e. The van der Waals surface area contributed by atoms with E-state index in [0.29, 0.717) is 12.5 Å². The molecule has 0 N–H and O–H groups in total. The molecule has 0 aromatic heterocycles. The maximum atomic E-state index is 12.0. The molecular weight excluding hydrogens is 281 g/mol. The lowest BCUT2D eigenvalue weighted by atomic mass is 9.91. The molecule has 0 amide bonds. The molecule has 6 heteroatoms. The first-order valence-electron chi connectivity index (χ1n) is 6.03. The molecule has 1 saturated heterocycles. The Morgan fingerprint density at radius 2 is 1.95 bits per heavy atom. The molecule has 1 aromatic carbocycles. The quantitative estimate of drug-likeness (QED) is 0.774. The van der Waals surface area contributed by atoms with Gasteiger partial charge in [-0.05, 0) is 30.5 Å². The second-order valence-corrected chi connectivity index (χ2v) is 4.77. The second-order valence-electron chi connectivity index (χ2n) is 4.46. The molecule has 0 spiro atoms. The Bertz CT molecular complexity index is 405. The van der Waals surface area contributed by atoms with Crippen LogP contribution >= 0.6 is 11.6 Å². The van der Waals surface area contributed by atoms with E-state index in [2.05, 4.69) is 4.74 Å². The van der Waals surface area contributed by atoms with Crippen LogP contribution in [0.5, 0.6) is 5.75 Å². The fraction of sp³-hybridized carbons (Fsp3) is 0.538. The van der Waals surface area contributed by atoms with Gasteiger partial charge in [-0.3, -0.25) is 0 Å². The molecule has 1 aliphatic heterocycles. The standard InChI is InChI=1S/C13H14ClF3O2/c14-8-10-2-1-7-18-12(10)9-3-5-11(6-4-9)19-13(15,16)17/h3-6,10,12H,1-2,7-8H2. The molecule has 2 atom stereocenters. The van der Waals surface area contributed by atoms with Crippen molar-refractivity contribution < 1.29 is 22.6 Å². The van der Waals surface area contributed by atoms with Crippen LogP contribution in [-0.4, -0.2) is 18.8 Å². The third-order valence-electron chi connectivity index (χ3n) is 3.09. The van der Waals surface area contributed by atoms with Crippen LogP contribution in [0.15, 0.2) is 24.3 Å². The van der Waals surface area contributed by atoms with Crippen molar-refractivity contribution in [3.63, 3.8) is 0 Å². The van der Waals surface area contributed by atoms with E-state index < -0.39 is 6.36 Å². The number of hydrogen-bond acceptors (Lipinski definition) is 2. The van der Waals surface area contributed by atoms with Gasteiger partial charge in [-0.1, -0.05) is 12.1 Å². The highest BCUT2D eigenvalue weighted by molar-refractivity contribution is 6.18. The summed E-state index contributed by atoms with van der Waals surface area (Å²) in [5, 5.41) is 0. The SMILES string of the molecule is FC(F)(F)Oc1ccc(C2OCCCC2CCl)cc1. The van der Waals surface area contributed by atoms with Gasteiger partial charge >= 0.3 is 6.36 Å².